The Morgan fingerprint density at radius 3 is 2.86 bits per heavy atom. The average molecular weight is 377 g/mol. The van der Waals surface area contributed by atoms with Gasteiger partial charge in [-0.2, -0.15) is 0 Å². The number of carbonyl (C=O) groups is 1. The second kappa shape index (κ2) is 7.90. The van der Waals surface area contributed by atoms with Crippen LogP contribution in [-0.2, 0) is 4.79 Å². The second-order valence-electron chi connectivity index (χ2n) is 8.69. The first-order valence-corrected chi connectivity index (χ1v) is 10.5. The lowest BCUT2D eigenvalue weighted by Crippen LogP contribution is -2.29. The van der Waals surface area contributed by atoms with Crippen LogP contribution in [0.4, 0.5) is 5.69 Å². The van der Waals surface area contributed by atoms with E-state index < -0.39 is 0 Å². The summed E-state index contributed by atoms with van der Waals surface area (Å²) in [6.07, 6.45) is 15.0. The quantitative estimate of drug-likeness (QED) is 0.687. The van der Waals surface area contributed by atoms with Crippen molar-refractivity contribution in [2.24, 2.45) is 28.7 Å². The van der Waals surface area contributed by atoms with Gasteiger partial charge in [-0.15, -0.1) is 0 Å². The fourth-order valence-electron chi connectivity index (χ4n) is 5.21. The second-order valence-corrected chi connectivity index (χ2v) is 8.69. The highest BCUT2D eigenvalue weighted by atomic mass is 16.1. The van der Waals surface area contributed by atoms with Gasteiger partial charge in [-0.1, -0.05) is 43.4 Å². The highest BCUT2D eigenvalue weighted by molar-refractivity contribution is 5.79. The van der Waals surface area contributed by atoms with Crippen molar-refractivity contribution in [3.63, 3.8) is 0 Å². The number of nitrogens with two attached hydrogens (primary N) is 1. The summed E-state index contributed by atoms with van der Waals surface area (Å²) < 4.78 is 0. The van der Waals surface area contributed by atoms with Gasteiger partial charge in [-0.25, -0.2) is 0 Å². The van der Waals surface area contributed by atoms with Gasteiger partial charge in [0.05, 0.1) is 0 Å². The van der Waals surface area contributed by atoms with Crippen molar-refractivity contribution in [3.8, 4) is 0 Å². The predicted octanol–water partition coefficient (Wildman–Crippen LogP) is 5.71. The van der Waals surface area contributed by atoms with Gasteiger partial charge in [-0.3, -0.25) is 9.79 Å². The number of hydrogen-bond donors (Lipinski definition) is 1. The fraction of sp³-hybridized carbons (Fsp3) is 0.440. The Morgan fingerprint density at radius 1 is 1.21 bits per heavy atom. The van der Waals surface area contributed by atoms with Gasteiger partial charge in [0.15, 0.2) is 0 Å². The van der Waals surface area contributed by atoms with E-state index in [2.05, 4.69) is 43.5 Å². The largest absolute Gasteiger partial charge is 0.399 e. The monoisotopic (exact) mass is 376 g/mol. The van der Waals surface area contributed by atoms with Gasteiger partial charge >= 0.3 is 0 Å². The van der Waals surface area contributed by atoms with Gasteiger partial charge in [0.25, 0.3) is 0 Å². The normalized spacial score (nSPS) is 32.1. The van der Waals surface area contributed by atoms with Crippen LogP contribution < -0.4 is 5.73 Å². The first kappa shape index (κ1) is 18.9. The molecule has 5 unspecified atom stereocenters. The van der Waals surface area contributed by atoms with Gasteiger partial charge in [0.2, 0.25) is 0 Å². The van der Waals surface area contributed by atoms with Crippen molar-refractivity contribution in [2.75, 3.05) is 5.73 Å². The third kappa shape index (κ3) is 3.76. The molecule has 148 valence electrons. The number of carbonyl (C=O) groups excluding carboxylic acids is 1. The maximum atomic E-state index is 12.4. The summed E-state index contributed by atoms with van der Waals surface area (Å²) >= 11 is 0. The van der Waals surface area contributed by atoms with E-state index in [0.717, 1.165) is 31.4 Å². The molecule has 1 aliphatic heterocycles. The van der Waals surface area contributed by atoms with Crippen molar-refractivity contribution >= 4 is 17.7 Å². The minimum atomic E-state index is 0. The number of hydrogen-bond acceptors (Lipinski definition) is 3. The number of allylic oxidation sites excluding steroid dienone is 6. The van der Waals surface area contributed by atoms with Crippen molar-refractivity contribution in [2.45, 2.75) is 45.4 Å². The zero-order valence-electron chi connectivity index (χ0n) is 16.8. The SMILES string of the molecule is CC(=O)C1CCC(C2=C3C=CC=CC3CC(C)C=N2)CC1c1cccc(N)c1.[HH]. The molecule has 3 aliphatic rings. The van der Waals surface area contributed by atoms with E-state index in [1.54, 1.807) is 6.92 Å². The lowest BCUT2D eigenvalue weighted by molar-refractivity contribution is -0.122. The Bertz CT molecular complexity index is 883. The lowest BCUT2D eigenvalue weighted by atomic mass is 9.68. The van der Waals surface area contributed by atoms with Gasteiger partial charge < -0.3 is 5.73 Å². The third-order valence-corrected chi connectivity index (χ3v) is 6.62. The number of nitrogens with zero attached hydrogens (tertiary/aromatic N) is 1. The molecule has 2 N–H and O–H groups in total. The number of rotatable bonds is 3. The summed E-state index contributed by atoms with van der Waals surface area (Å²) in [5.74, 6) is 1.90. The molecule has 3 nitrogen and oxygen atoms in total. The molecule has 28 heavy (non-hydrogen) atoms. The van der Waals surface area contributed by atoms with E-state index in [1.807, 2.05) is 18.2 Å². The summed E-state index contributed by atoms with van der Waals surface area (Å²) in [4.78, 5) is 17.4. The smallest absolute Gasteiger partial charge is 0.133 e. The van der Waals surface area contributed by atoms with E-state index in [-0.39, 0.29) is 13.3 Å². The minimum Gasteiger partial charge on any atom is -0.399 e. The standard InChI is InChI=1S/C25H30N2O.H2/c1-16-12-18-6-3-4-9-23(18)25(27-15-16)20-10-11-22(17(2)28)24(14-20)19-7-5-8-21(26)13-19;/h3-9,13,15-16,18,20,22,24H,10-12,14,26H2,1-2H3;1H. The molecule has 0 saturated heterocycles. The number of nitrogen functional groups attached to an aromatic ring is 1. The van der Waals surface area contributed by atoms with E-state index in [4.69, 9.17) is 10.7 Å². The zero-order valence-corrected chi connectivity index (χ0v) is 16.8. The van der Waals surface area contributed by atoms with Crippen molar-refractivity contribution in [1.29, 1.82) is 0 Å². The van der Waals surface area contributed by atoms with Crippen LogP contribution in [0.5, 0.6) is 0 Å². The summed E-state index contributed by atoms with van der Waals surface area (Å²) in [5, 5.41) is 0. The molecule has 0 radical (unpaired) electrons. The maximum absolute atomic E-state index is 12.4. The van der Waals surface area contributed by atoms with Crippen LogP contribution in [0.25, 0.3) is 0 Å². The molecule has 1 aromatic rings. The number of Topliss-reactive ketones (excluding diaryl/α,β-unsaturated/α-hetero) is 1. The molecule has 2 aliphatic carbocycles. The Balaban J connectivity index is 0.00000240. The summed E-state index contributed by atoms with van der Waals surface area (Å²) in [6, 6.07) is 8.09. The van der Waals surface area contributed by atoms with E-state index in [9.17, 15) is 4.79 Å². The van der Waals surface area contributed by atoms with Gasteiger partial charge in [-0.05, 0) is 67.7 Å². The van der Waals surface area contributed by atoms with Crippen LogP contribution in [0.3, 0.4) is 0 Å². The molecule has 0 amide bonds. The Kier molecular flexibility index (Phi) is 5.34. The van der Waals surface area contributed by atoms with Crippen LogP contribution in [0.2, 0.25) is 0 Å². The topological polar surface area (TPSA) is 55.5 Å². The van der Waals surface area contributed by atoms with Crippen molar-refractivity contribution < 1.29 is 6.22 Å². The Hall–Kier alpha value is -2.42. The molecule has 5 atom stereocenters. The minimum absolute atomic E-state index is 0. The lowest BCUT2D eigenvalue weighted by Gasteiger charge is -2.36. The number of fused-ring (bicyclic) bond motifs is 1. The van der Waals surface area contributed by atoms with Gasteiger partial charge in [0.1, 0.15) is 5.78 Å². The van der Waals surface area contributed by atoms with Crippen LogP contribution in [0, 0.1) is 23.7 Å². The molecule has 3 heteroatoms. The van der Waals surface area contributed by atoms with Crippen LogP contribution in [-0.4, -0.2) is 12.0 Å². The summed E-state index contributed by atoms with van der Waals surface area (Å²) in [6.45, 7) is 3.99. The Morgan fingerprint density at radius 2 is 2.07 bits per heavy atom. The predicted molar refractivity (Wildman–Crippen MR) is 118 cm³/mol. The van der Waals surface area contributed by atoms with Crippen molar-refractivity contribution in [3.05, 3.63) is 65.4 Å². The summed E-state index contributed by atoms with van der Waals surface area (Å²) in [5.41, 5.74) is 10.6. The Labute approximate surface area is 169 Å². The van der Waals surface area contributed by atoms with Gasteiger partial charge in [0, 0.05) is 36.8 Å². The van der Waals surface area contributed by atoms with E-state index >= 15 is 0 Å². The molecule has 1 saturated carbocycles. The van der Waals surface area contributed by atoms with Crippen molar-refractivity contribution in [1.82, 2.24) is 0 Å². The molecular weight excluding hydrogens is 344 g/mol. The molecule has 1 heterocycles. The molecule has 0 aromatic heterocycles. The molecular formula is C25H32N2O. The van der Waals surface area contributed by atoms with Crippen LogP contribution in [0.15, 0.2) is 64.8 Å². The molecule has 0 bridgehead atoms. The number of benzene rings is 1. The first-order chi connectivity index (χ1) is 13.5. The number of anilines is 1. The fourth-order valence-corrected chi connectivity index (χ4v) is 5.21. The van der Waals surface area contributed by atoms with E-state index in [0.29, 0.717) is 23.5 Å². The zero-order chi connectivity index (χ0) is 19.7. The molecule has 0 spiro atoms. The van der Waals surface area contributed by atoms with Crippen LogP contribution in [0.1, 0.15) is 52.4 Å². The highest BCUT2D eigenvalue weighted by Crippen LogP contribution is 2.46. The van der Waals surface area contributed by atoms with E-state index in [1.165, 1.54) is 16.8 Å². The average Bonchev–Trinajstić information content (AvgIpc) is 2.85. The van der Waals surface area contributed by atoms with Crippen LogP contribution >= 0.6 is 0 Å². The number of aliphatic imine (C=N–C) groups is 1. The third-order valence-electron chi connectivity index (χ3n) is 6.62. The summed E-state index contributed by atoms with van der Waals surface area (Å²) in [7, 11) is 0. The maximum Gasteiger partial charge on any atom is 0.133 e. The molecule has 4 rings (SSSR count). The first-order valence-electron chi connectivity index (χ1n) is 10.5. The number of ketones is 1. The molecule has 1 aromatic carbocycles. The molecule has 1 fully saturated rings. The highest BCUT2D eigenvalue weighted by Gasteiger charge is 2.37.